The lowest BCUT2D eigenvalue weighted by molar-refractivity contribution is 0.462. The Bertz CT molecular complexity index is 596. The molecule has 5 nitrogen and oxygen atoms in total. The minimum atomic E-state index is -3.83. The molecule has 0 saturated carbocycles. The van der Waals surface area contributed by atoms with Crippen molar-refractivity contribution in [3.8, 4) is 6.07 Å². The Labute approximate surface area is 118 Å². The number of nitrogens with two attached hydrogens (primary N) is 1. The summed E-state index contributed by atoms with van der Waals surface area (Å²) in [6.07, 6.45) is 0. The van der Waals surface area contributed by atoms with Crippen molar-refractivity contribution in [2.45, 2.75) is 24.3 Å². The molecule has 0 atom stereocenters. The Balaban J connectivity index is 0.00000324. The maximum Gasteiger partial charge on any atom is 0.241 e. The molecular weight excluding hydrogens is 293 g/mol. The molecule has 8 heteroatoms. The van der Waals surface area contributed by atoms with E-state index in [4.69, 9.17) is 11.0 Å². The van der Waals surface area contributed by atoms with Crippen LogP contribution < -0.4 is 10.5 Å². The molecule has 0 amide bonds. The van der Waals surface area contributed by atoms with E-state index in [-0.39, 0.29) is 29.4 Å². The van der Waals surface area contributed by atoms with E-state index < -0.39 is 21.4 Å². The zero-order valence-corrected chi connectivity index (χ0v) is 12.1. The number of nitrogens with one attached hydrogen (secondary N) is 1. The van der Waals surface area contributed by atoms with Crippen molar-refractivity contribution in [3.63, 3.8) is 0 Å². The fourth-order valence-electron chi connectivity index (χ4n) is 1.22. The van der Waals surface area contributed by atoms with Crippen molar-refractivity contribution in [2.75, 3.05) is 6.54 Å². The van der Waals surface area contributed by atoms with Gasteiger partial charge in [-0.05, 0) is 32.0 Å². The van der Waals surface area contributed by atoms with Crippen LogP contribution in [0.1, 0.15) is 19.4 Å². The van der Waals surface area contributed by atoms with E-state index in [1.54, 1.807) is 19.9 Å². The normalized spacial score (nSPS) is 11.5. The average molecular weight is 308 g/mol. The summed E-state index contributed by atoms with van der Waals surface area (Å²) in [7, 11) is -3.83. The molecule has 0 fully saturated rings. The second-order valence-electron chi connectivity index (χ2n) is 4.45. The number of hydrogen-bond acceptors (Lipinski definition) is 4. The minimum absolute atomic E-state index is 0. The van der Waals surface area contributed by atoms with Crippen LogP contribution in [-0.2, 0) is 10.0 Å². The first-order valence-electron chi connectivity index (χ1n) is 5.15. The van der Waals surface area contributed by atoms with Crippen LogP contribution in [0.2, 0.25) is 0 Å². The molecule has 0 aliphatic carbocycles. The monoisotopic (exact) mass is 307 g/mol. The van der Waals surface area contributed by atoms with Crippen LogP contribution >= 0.6 is 12.4 Å². The van der Waals surface area contributed by atoms with Gasteiger partial charge in [-0.2, -0.15) is 5.26 Å². The van der Waals surface area contributed by atoms with Crippen molar-refractivity contribution in [2.24, 2.45) is 5.73 Å². The summed E-state index contributed by atoms with van der Waals surface area (Å²) in [5.41, 5.74) is 4.30. The van der Waals surface area contributed by atoms with Gasteiger partial charge in [0.05, 0.1) is 10.5 Å². The largest absolute Gasteiger partial charge is 0.329 e. The molecule has 0 radical (unpaired) electrons. The maximum absolute atomic E-state index is 13.1. The van der Waals surface area contributed by atoms with Gasteiger partial charge in [-0.1, -0.05) is 0 Å². The van der Waals surface area contributed by atoms with E-state index in [1.165, 1.54) is 0 Å². The molecule has 0 unspecified atom stereocenters. The van der Waals surface area contributed by atoms with Gasteiger partial charge in [0.2, 0.25) is 10.0 Å². The molecule has 1 aromatic rings. The van der Waals surface area contributed by atoms with Crippen molar-refractivity contribution in [1.82, 2.24) is 4.72 Å². The molecule has 0 spiro atoms. The second kappa shape index (κ2) is 6.30. The van der Waals surface area contributed by atoms with E-state index in [2.05, 4.69) is 4.72 Å². The zero-order valence-electron chi connectivity index (χ0n) is 10.5. The molecule has 1 rings (SSSR count). The molecule has 1 aromatic carbocycles. The van der Waals surface area contributed by atoms with Gasteiger partial charge in [-0.3, -0.25) is 0 Å². The lowest BCUT2D eigenvalue weighted by atomic mass is 10.1. The Morgan fingerprint density at radius 2 is 2.05 bits per heavy atom. The number of nitrogens with zero attached hydrogens (tertiary/aromatic N) is 1. The summed E-state index contributed by atoms with van der Waals surface area (Å²) in [5.74, 6) is -0.755. The van der Waals surface area contributed by atoms with Crippen molar-refractivity contribution < 1.29 is 12.8 Å². The summed E-state index contributed by atoms with van der Waals surface area (Å²) in [4.78, 5) is -0.165. The van der Waals surface area contributed by atoms with Crippen LogP contribution in [0.25, 0.3) is 0 Å². The number of halogens is 2. The zero-order chi connectivity index (χ0) is 14.0. The highest BCUT2D eigenvalue weighted by Gasteiger charge is 2.25. The summed E-state index contributed by atoms with van der Waals surface area (Å²) in [6.45, 7) is 3.36. The third kappa shape index (κ3) is 4.44. The number of benzene rings is 1. The minimum Gasteiger partial charge on any atom is -0.329 e. The first-order chi connectivity index (χ1) is 8.22. The predicted molar refractivity (Wildman–Crippen MR) is 71.8 cm³/mol. The third-order valence-corrected chi connectivity index (χ3v) is 3.99. The Kier molecular flexibility index (Phi) is 5.90. The molecule has 0 saturated heterocycles. The fourth-order valence-corrected chi connectivity index (χ4v) is 2.67. The van der Waals surface area contributed by atoms with Gasteiger partial charge >= 0.3 is 0 Å². The highest BCUT2D eigenvalue weighted by atomic mass is 35.5. The molecule has 0 aliphatic heterocycles. The van der Waals surface area contributed by atoms with Gasteiger partial charge in [-0.15, -0.1) is 12.4 Å². The third-order valence-electron chi connectivity index (χ3n) is 2.29. The lowest BCUT2D eigenvalue weighted by Gasteiger charge is -2.23. The number of rotatable bonds is 4. The van der Waals surface area contributed by atoms with E-state index in [0.29, 0.717) is 0 Å². The first kappa shape index (κ1) is 17.8. The van der Waals surface area contributed by atoms with Crippen LogP contribution in [-0.4, -0.2) is 20.5 Å². The molecule has 3 N–H and O–H groups in total. The molecule has 19 heavy (non-hydrogen) atoms. The van der Waals surface area contributed by atoms with Gasteiger partial charge in [0.1, 0.15) is 11.9 Å². The summed E-state index contributed by atoms with van der Waals surface area (Å²) in [6, 6.07) is 4.63. The number of nitriles is 1. The highest BCUT2D eigenvalue weighted by Crippen LogP contribution is 2.16. The van der Waals surface area contributed by atoms with Crippen molar-refractivity contribution in [3.05, 3.63) is 29.6 Å². The Morgan fingerprint density at radius 1 is 1.47 bits per heavy atom. The molecule has 0 bridgehead atoms. The van der Waals surface area contributed by atoms with Crippen LogP contribution in [0.3, 0.4) is 0 Å². The highest BCUT2D eigenvalue weighted by molar-refractivity contribution is 7.89. The molecule has 106 valence electrons. The molecular formula is C11H15ClFN3O2S. The molecule has 0 aliphatic rings. The Morgan fingerprint density at radius 3 is 2.53 bits per heavy atom. The van der Waals surface area contributed by atoms with Crippen LogP contribution in [0, 0.1) is 17.1 Å². The van der Waals surface area contributed by atoms with Crippen molar-refractivity contribution in [1.29, 1.82) is 5.26 Å². The van der Waals surface area contributed by atoms with E-state index in [0.717, 1.165) is 18.2 Å². The number of hydrogen-bond donors (Lipinski definition) is 2. The van der Waals surface area contributed by atoms with E-state index in [9.17, 15) is 12.8 Å². The summed E-state index contributed by atoms with van der Waals surface area (Å²) >= 11 is 0. The van der Waals surface area contributed by atoms with Gasteiger partial charge in [0.25, 0.3) is 0 Å². The standard InChI is InChI=1S/C11H14FN3O2S.ClH/c1-11(2,7-14)15-18(16,17)9-3-4-10(12)8(5-9)6-13;/h3-5,15H,7,14H2,1-2H3;1H. The maximum atomic E-state index is 13.1. The number of sulfonamides is 1. The van der Waals surface area contributed by atoms with Gasteiger partial charge in [0, 0.05) is 12.1 Å². The molecule has 0 heterocycles. The fraction of sp³-hybridized carbons (Fsp3) is 0.364. The SMILES string of the molecule is CC(C)(CN)NS(=O)(=O)c1ccc(F)c(C#N)c1.Cl. The second-order valence-corrected chi connectivity index (χ2v) is 6.13. The Hall–Kier alpha value is -1.20. The lowest BCUT2D eigenvalue weighted by Crippen LogP contribution is -2.48. The van der Waals surface area contributed by atoms with Crippen LogP contribution in [0.15, 0.2) is 23.1 Å². The van der Waals surface area contributed by atoms with Crippen molar-refractivity contribution >= 4 is 22.4 Å². The average Bonchev–Trinajstić information content (AvgIpc) is 2.28. The topological polar surface area (TPSA) is 96.0 Å². The van der Waals surface area contributed by atoms with Gasteiger partial charge in [0.15, 0.2) is 0 Å². The smallest absolute Gasteiger partial charge is 0.241 e. The van der Waals surface area contributed by atoms with E-state index in [1.807, 2.05) is 0 Å². The van der Waals surface area contributed by atoms with Gasteiger partial charge in [-0.25, -0.2) is 17.5 Å². The quantitative estimate of drug-likeness (QED) is 0.871. The predicted octanol–water partition coefficient (Wildman–Crippen LogP) is 1.13. The van der Waals surface area contributed by atoms with Crippen LogP contribution in [0.5, 0.6) is 0 Å². The van der Waals surface area contributed by atoms with Gasteiger partial charge < -0.3 is 5.73 Å². The molecule has 0 aromatic heterocycles. The first-order valence-corrected chi connectivity index (χ1v) is 6.64. The van der Waals surface area contributed by atoms with Crippen LogP contribution in [0.4, 0.5) is 4.39 Å². The van der Waals surface area contributed by atoms with E-state index >= 15 is 0 Å². The summed E-state index contributed by atoms with van der Waals surface area (Å²) in [5, 5.41) is 8.66. The summed E-state index contributed by atoms with van der Waals surface area (Å²) < 4.78 is 39.5.